The number of aliphatic hydroxyl groups is 1. The van der Waals surface area contributed by atoms with Crippen molar-refractivity contribution in [1.82, 2.24) is 0 Å². The van der Waals surface area contributed by atoms with Crippen molar-refractivity contribution in [3.8, 4) is 0 Å². The summed E-state index contributed by atoms with van der Waals surface area (Å²) < 4.78 is 70.1. The molecule has 0 saturated carbocycles. The Morgan fingerprint density at radius 3 is 1.57 bits per heavy atom. The second-order valence-corrected chi connectivity index (χ2v) is 31.7. The van der Waals surface area contributed by atoms with Gasteiger partial charge in [-0.2, -0.15) is 0 Å². The van der Waals surface area contributed by atoms with E-state index < -0.39 is 89.1 Å². The van der Waals surface area contributed by atoms with E-state index in [4.69, 9.17) is 47.1 Å². The van der Waals surface area contributed by atoms with Gasteiger partial charge in [0.1, 0.15) is 48.8 Å². The number of hydrogen-bond donors (Lipinski definition) is 1. The second-order valence-electron chi connectivity index (χ2n) is 21.8. The van der Waals surface area contributed by atoms with E-state index in [1.54, 1.807) is 0 Å². The maximum atomic E-state index is 13.3. The van der Waals surface area contributed by atoms with E-state index in [0.29, 0.717) is 13.2 Å². The molecular formula is C61H74O11Si2. The van der Waals surface area contributed by atoms with Gasteiger partial charge in [-0.3, -0.25) is 0 Å². The minimum atomic E-state index is -3.35. The van der Waals surface area contributed by atoms with Crippen molar-refractivity contribution in [1.29, 1.82) is 0 Å². The van der Waals surface area contributed by atoms with E-state index >= 15 is 0 Å². The molecular weight excluding hydrogens is 965 g/mol. The first-order valence-corrected chi connectivity index (χ1v) is 31.8. The highest BCUT2D eigenvalue weighted by Crippen LogP contribution is 2.43. The summed E-state index contributed by atoms with van der Waals surface area (Å²) in [7, 11) is -4.88. The van der Waals surface area contributed by atoms with Crippen molar-refractivity contribution in [2.45, 2.75) is 139 Å². The second kappa shape index (κ2) is 25.0. The van der Waals surface area contributed by atoms with Gasteiger partial charge in [0.15, 0.2) is 18.9 Å². The zero-order chi connectivity index (χ0) is 51.5. The van der Waals surface area contributed by atoms with Crippen LogP contribution in [0.3, 0.4) is 0 Å². The molecule has 6 aromatic rings. The lowest BCUT2D eigenvalue weighted by atomic mass is 9.95. The number of hydrogen-bond acceptors (Lipinski definition) is 11. The summed E-state index contributed by atoms with van der Waals surface area (Å²) >= 11 is 0. The summed E-state index contributed by atoms with van der Waals surface area (Å²) in [5.74, 6) is 0. The van der Waals surface area contributed by atoms with E-state index in [2.05, 4.69) is 88.9 Å². The number of benzene rings is 6. The molecule has 3 heterocycles. The highest BCUT2D eigenvalue weighted by atomic mass is 28.4. The molecule has 11 nitrogen and oxygen atoms in total. The number of ether oxygens (including phenoxy) is 9. The summed E-state index contributed by atoms with van der Waals surface area (Å²) in [5.41, 5.74) is 3.80. The van der Waals surface area contributed by atoms with Crippen LogP contribution >= 0.6 is 0 Å². The molecule has 0 unspecified atom stereocenters. The molecule has 0 bridgehead atoms. The fraction of sp³-hybridized carbons (Fsp3) is 0.410. The van der Waals surface area contributed by atoms with Crippen LogP contribution in [0.2, 0.25) is 30.7 Å². The lowest BCUT2D eigenvalue weighted by molar-refractivity contribution is -0.388. The highest BCUT2D eigenvalue weighted by molar-refractivity contribution is 6.99. The summed E-state index contributed by atoms with van der Waals surface area (Å²) in [4.78, 5) is 0. The third-order valence-corrected chi connectivity index (χ3v) is 20.8. The predicted octanol–water partition coefficient (Wildman–Crippen LogP) is 9.98. The van der Waals surface area contributed by atoms with Gasteiger partial charge < -0.3 is 52.2 Å². The quantitative estimate of drug-likeness (QED) is 0.0696. The molecule has 0 amide bonds. The van der Waals surface area contributed by atoms with Crippen LogP contribution in [0.25, 0.3) is 0 Å². The standard InChI is InChI=1S/C61H74O11Si2/c1-61(2,3)74(48-33-21-11-22-34-48,49-35-23-12-24-36-49)72-55-52(62)59(68-51-43-67-58(70-53(51)55)47-31-19-10-20-32-47)71-54-50(42-63-39-44-25-13-7-14-26-44)69-60(64-37-38-73(4,5)6)57(66-41-46-29-17-9-18-30-46)56(54)65-40-45-27-15-8-16-28-45/h7-36,50-60,62H,37-43H2,1-6H3/t50-,51-,52+,53-,54-,55-,56+,57-,58-,59+,60-/m1/s1. The average molecular weight is 1040 g/mol. The van der Waals surface area contributed by atoms with Crippen LogP contribution in [-0.4, -0.2) is 103 Å². The van der Waals surface area contributed by atoms with E-state index in [1.807, 2.05) is 133 Å². The van der Waals surface area contributed by atoms with Gasteiger partial charge in [-0.05, 0) is 38.1 Å². The van der Waals surface area contributed by atoms with Crippen molar-refractivity contribution < 1.29 is 52.2 Å². The van der Waals surface area contributed by atoms with Crippen LogP contribution in [-0.2, 0) is 66.9 Å². The van der Waals surface area contributed by atoms with Gasteiger partial charge in [0.25, 0.3) is 8.32 Å². The minimum absolute atomic E-state index is 0.103. The maximum absolute atomic E-state index is 13.3. The fourth-order valence-corrected chi connectivity index (χ4v) is 15.6. The van der Waals surface area contributed by atoms with Crippen molar-refractivity contribution in [3.63, 3.8) is 0 Å². The van der Waals surface area contributed by atoms with Crippen molar-refractivity contribution in [2.75, 3.05) is 19.8 Å². The Hall–Kier alpha value is -4.69. The topological polar surface area (TPSA) is 113 Å². The molecule has 3 fully saturated rings. The van der Waals surface area contributed by atoms with Gasteiger partial charge >= 0.3 is 0 Å². The molecule has 6 aromatic carbocycles. The largest absolute Gasteiger partial charge is 0.399 e. The third-order valence-electron chi connectivity index (χ3n) is 14.1. The van der Waals surface area contributed by atoms with Crippen LogP contribution in [0.15, 0.2) is 182 Å². The Balaban J connectivity index is 1.12. The number of rotatable bonds is 21. The Bertz CT molecular complexity index is 2530. The Morgan fingerprint density at radius 1 is 0.541 bits per heavy atom. The van der Waals surface area contributed by atoms with Gasteiger partial charge in [0.05, 0.1) is 33.0 Å². The first-order chi connectivity index (χ1) is 35.9. The van der Waals surface area contributed by atoms with Crippen LogP contribution in [0, 0.1) is 0 Å². The van der Waals surface area contributed by atoms with Gasteiger partial charge in [-0.1, -0.05) is 222 Å². The molecule has 0 radical (unpaired) electrons. The molecule has 11 atom stereocenters. The summed E-state index contributed by atoms with van der Waals surface area (Å²) in [6.07, 6.45) is -10.0. The molecule has 0 aromatic heterocycles. The molecule has 0 spiro atoms. The van der Waals surface area contributed by atoms with Gasteiger partial charge in [-0.15, -0.1) is 0 Å². The Morgan fingerprint density at radius 2 is 1.04 bits per heavy atom. The smallest absolute Gasteiger partial charge is 0.261 e. The summed E-state index contributed by atoms with van der Waals surface area (Å²) in [6, 6.07) is 61.7. The van der Waals surface area contributed by atoms with E-state index in [9.17, 15) is 5.11 Å². The monoisotopic (exact) mass is 1040 g/mol. The molecule has 1 N–H and O–H groups in total. The summed E-state index contributed by atoms with van der Waals surface area (Å²) in [5, 5.41) is 15.0. The average Bonchev–Trinajstić information content (AvgIpc) is 3.41. The SMILES string of the molecule is CC(C)(C)[Si](O[C@@H]1[C@H](O)[C@H](O[C@H]2[C@H](OCc3ccccc3)[C@@H](OCc3ccccc3)[C@H](OCC[Si](C)(C)C)O[C@@H]2COCc2ccccc2)O[C@@H]2CO[C@@H](c3ccccc3)O[C@@H]12)(c1ccccc1)c1ccccc1. The highest BCUT2D eigenvalue weighted by Gasteiger charge is 2.59. The Labute approximate surface area is 440 Å². The minimum Gasteiger partial charge on any atom is -0.399 e. The number of aliphatic hydroxyl groups excluding tert-OH is 1. The first kappa shape index (κ1) is 54.1. The van der Waals surface area contributed by atoms with Crippen molar-refractivity contribution in [3.05, 3.63) is 204 Å². The molecule has 0 aliphatic carbocycles. The molecule has 3 aliphatic heterocycles. The lowest BCUT2D eigenvalue weighted by Gasteiger charge is -2.53. The molecule has 9 rings (SSSR count). The van der Waals surface area contributed by atoms with Crippen LogP contribution in [0.1, 0.15) is 49.3 Å². The molecule has 13 heteroatoms. The Kier molecular flexibility index (Phi) is 18.3. The van der Waals surface area contributed by atoms with Gasteiger partial charge in [0.2, 0.25) is 0 Å². The normalized spacial score (nSPS) is 26.6. The number of fused-ring (bicyclic) bond motifs is 1. The zero-order valence-corrected chi connectivity index (χ0v) is 45.7. The fourth-order valence-electron chi connectivity index (χ4n) is 10.2. The first-order valence-electron chi connectivity index (χ1n) is 26.2. The summed E-state index contributed by atoms with van der Waals surface area (Å²) in [6.45, 7) is 15.2. The zero-order valence-electron chi connectivity index (χ0n) is 43.7. The molecule has 392 valence electrons. The maximum Gasteiger partial charge on any atom is 0.261 e. The van der Waals surface area contributed by atoms with Crippen LogP contribution < -0.4 is 10.4 Å². The van der Waals surface area contributed by atoms with E-state index in [-0.39, 0.29) is 26.4 Å². The van der Waals surface area contributed by atoms with E-state index in [0.717, 1.165) is 38.7 Å². The van der Waals surface area contributed by atoms with E-state index in [1.165, 1.54) is 0 Å². The molecule has 3 aliphatic rings. The van der Waals surface area contributed by atoms with Gasteiger partial charge in [0, 0.05) is 20.2 Å². The lowest BCUT2D eigenvalue weighted by Crippen LogP contribution is -2.73. The molecule has 74 heavy (non-hydrogen) atoms. The van der Waals surface area contributed by atoms with Crippen molar-refractivity contribution in [2.24, 2.45) is 0 Å². The van der Waals surface area contributed by atoms with Gasteiger partial charge in [-0.25, -0.2) is 0 Å². The van der Waals surface area contributed by atoms with Crippen molar-refractivity contribution >= 4 is 26.8 Å². The van der Waals surface area contributed by atoms with Crippen LogP contribution in [0.4, 0.5) is 0 Å². The third kappa shape index (κ3) is 13.3. The molecule has 3 saturated heterocycles. The van der Waals surface area contributed by atoms with Crippen LogP contribution in [0.5, 0.6) is 0 Å². The predicted molar refractivity (Wildman–Crippen MR) is 291 cm³/mol.